The molecule has 0 saturated carbocycles. The summed E-state index contributed by atoms with van der Waals surface area (Å²) in [4.78, 5) is 0. The molecule has 3 aromatic rings. The molecule has 5 nitrogen and oxygen atoms in total. The monoisotopic (exact) mass is 343 g/mol. The summed E-state index contributed by atoms with van der Waals surface area (Å²) in [6.45, 7) is 5.92. The summed E-state index contributed by atoms with van der Waals surface area (Å²) < 4.78 is 28.2. The lowest BCUT2D eigenvalue weighted by Gasteiger charge is -2.10. The van der Waals surface area contributed by atoms with Crippen LogP contribution in [-0.2, 0) is 16.6 Å². The number of hydrogen-bond donors (Lipinski definition) is 1. The summed E-state index contributed by atoms with van der Waals surface area (Å²) >= 11 is 0. The zero-order valence-corrected chi connectivity index (χ0v) is 14.9. The maximum Gasteiger partial charge on any atom is 0.232 e. The molecule has 0 aliphatic heterocycles. The Bertz CT molecular complexity index is 985. The lowest BCUT2D eigenvalue weighted by Crippen LogP contribution is -2.15. The van der Waals surface area contributed by atoms with Crippen LogP contribution in [0.2, 0.25) is 0 Å². The van der Waals surface area contributed by atoms with Gasteiger partial charge in [0.15, 0.2) is 0 Å². The second kappa shape index (κ2) is 6.28. The van der Waals surface area contributed by atoms with Gasteiger partial charge in [-0.2, -0.15) is 5.10 Å². The fourth-order valence-electron chi connectivity index (χ4n) is 2.82. The Morgan fingerprint density at radius 3 is 2.54 bits per heavy atom. The van der Waals surface area contributed by atoms with Gasteiger partial charge in [-0.15, -0.1) is 0 Å². The van der Waals surface area contributed by atoms with Gasteiger partial charge in [0, 0.05) is 0 Å². The van der Waals surface area contributed by atoms with Crippen molar-refractivity contribution >= 4 is 26.5 Å². The molecule has 1 aromatic heterocycles. The quantitative estimate of drug-likeness (QED) is 0.771. The van der Waals surface area contributed by atoms with Crippen LogP contribution in [0.3, 0.4) is 0 Å². The van der Waals surface area contributed by atoms with Crippen molar-refractivity contribution in [1.82, 2.24) is 9.78 Å². The zero-order valence-electron chi connectivity index (χ0n) is 14.1. The van der Waals surface area contributed by atoms with E-state index in [-0.39, 0.29) is 5.75 Å². The largest absolute Gasteiger partial charge is 0.280 e. The van der Waals surface area contributed by atoms with Gasteiger partial charge in [-0.1, -0.05) is 42.5 Å². The van der Waals surface area contributed by atoms with Crippen molar-refractivity contribution in [3.8, 4) is 0 Å². The van der Waals surface area contributed by atoms with Gasteiger partial charge >= 0.3 is 0 Å². The molecule has 0 saturated heterocycles. The Hall–Kier alpha value is -2.34. The molecule has 0 unspecified atom stereocenters. The van der Waals surface area contributed by atoms with Crippen LogP contribution in [0.4, 0.5) is 5.69 Å². The molecule has 0 atom stereocenters. The van der Waals surface area contributed by atoms with Crippen LogP contribution in [-0.4, -0.2) is 24.0 Å². The first kappa shape index (κ1) is 16.5. The average molecular weight is 343 g/mol. The number of aromatic nitrogens is 2. The van der Waals surface area contributed by atoms with Crippen LogP contribution in [0.15, 0.2) is 42.5 Å². The highest BCUT2D eigenvalue weighted by Crippen LogP contribution is 2.24. The smallest absolute Gasteiger partial charge is 0.232 e. The Morgan fingerprint density at radius 1 is 1.08 bits per heavy atom. The summed E-state index contributed by atoms with van der Waals surface area (Å²) in [6.07, 6.45) is 0. The van der Waals surface area contributed by atoms with Crippen molar-refractivity contribution in [1.29, 1.82) is 0 Å². The summed E-state index contributed by atoms with van der Waals surface area (Å²) in [5.41, 5.74) is 3.24. The van der Waals surface area contributed by atoms with E-state index < -0.39 is 10.0 Å². The third-order valence-corrected chi connectivity index (χ3v) is 5.49. The zero-order chi connectivity index (χ0) is 17.3. The van der Waals surface area contributed by atoms with Crippen LogP contribution < -0.4 is 4.72 Å². The van der Waals surface area contributed by atoms with Gasteiger partial charge in [0.1, 0.15) is 0 Å². The number of anilines is 1. The van der Waals surface area contributed by atoms with E-state index in [1.54, 1.807) is 6.92 Å². The predicted octanol–water partition coefficient (Wildman–Crippen LogP) is 3.46. The predicted molar refractivity (Wildman–Crippen MR) is 97.8 cm³/mol. The average Bonchev–Trinajstić information content (AvgIpc) is 2.82. The van der Waals surface area contributed by atoms with Gasteiger partial charge in [0.25, 0.3) is 0 Å². The molecule has 0 aliphatic carbocycles. The summed E-state index contributed by atoms with van der Waals surface area (Å²) in [5.74, 6) is 0.0420. The fraction of sp³-hybridized carbons (Fsp3) is 0.278. The molecule has 1 N–H and O–H groups in total. The molecular formula is C18H21N3O2S. The molecule has 6 heteroatoms. The number of aryl methyl sites for hydroxylation is 1. The Balaban J connectivity index is 1.99. The number of rotatable bonds is 5. The van der Waals surface area contributed by atoms with E-state index in [1.165, 1.54) is 10.8 Å². The third kappa shape index (κ3) is 3.14. The lowest BCUT2D eigenvalue weighted by atomic mass is 10.0. The highest BCUT2D eigenvalue weighted by atomic mass is 32.2. The maximum atomic E-state index is 11.9. The SMILES string of the molecule is CCS(=O)(=O)Nc1c(C)nn(Cc2cccc3ccccc23)c1C. The van der Waals surface area contributed by atoms with Crippen molar-refractivity contribution in [2.75, 3.05) is 10.5 Å². The van der Waals surface area contributed by atoms with Crippen molar-refractivity contribution in [2.45, 2.75) is 27.3 Å². The molecular weight excluding hydrogens is 322 g/mol. The standard InChI is InChI=1S/C18H21N3O2S/c1-4-24(22,23)20-18-13(2)19-21(14(18)3)12-16-10-7-9-15-8-5-6-11-17(15)16/h5-11,20H,4,12H2,1-3H3. The van der Waals surface area contributed by atoms with Gasteiger partial charge in [-0.05, 0) is 37.1 Å². The van der Waals surface area contributed by atoms with E-state index in [1.807, 2.05) is 36.7 Å². The molecule has 1 heterocycles. The Kier molecular flexibility index (Phi) is 4.32. The minimum Gasteiger partial charge on any atom is -0.280 e. The minimum atomic E-state index is -3.32. The second-order valence-electron chi connectivity index (χ2n) is 5.85. The van der Waals surface area contributed by atoms with E-state index in [0.29, 0.717) is 17.9 Å². The number of hydrogen-bond acceptors (Lipinski definition) is 3. The molecule has 126 valence electrons. The van der Waals surface area contributed by atoms with Gasteiger partial charge in [-0.25, -0.2) is 8.42 Å². The summed E-state index contributed by atoms with van der Waals surface area (Å²) in [6, 6.07) is 14.4. The van der Waals surface area contributed by atoms with Gasteiger partial charge in [-0.3, -0.25) is 9.40 Å². The molecule has 24 heavy (non-hydrogen) atoms. The van der Waals surface area contributed by atoms with E-state index in [0.717, 1.165) is 11.3 Å². The van der Waals surface area contributed by atoms with Crippen molar-refractivity contribution in [2.24, 2.45) is 0 Å². The van der Waals surface area contributed by atoms with Crippen LogP contribution in [0.25, 0.3) is 10.8 Å². The molecule has 0 bridgehead atoms. The van der Waals surface area contributed by atoms with Crippen LogP contribution in [0.1, 0.15) is 23.9 Å². The highest BCUT2D eigenvalue weighted by Gasteiger charge is 2.17. The first-order valence-electron chi connectivity index (χ1n) is 7.92. The van der Waals surface area contributed by atoms with Gasteiger partial charge in [0.2, 0.25) is 10.0 Å². The van der Waals surface area contributed by atoms with E-state index >= 15 is 0 Å². The van der Waals surface area contributed by atoms with Crippen molar-refractivity contribution in [3.63, 3.8) is 0 Å². The highest BCUT2D eigenvalue weighted by molar-refractivity contribution is 7.92. The number of sulfonamides is 1. The normalized spacial score (nSPS) is 11.8. The number of fused-ring (bicyclic) bond motifs is 1. The van der Waals surface area contributed by atoms with Crippen LogP contribution in [0, 0.1) is 13.8 Å². The fourth-order valence-corrected chi connectivity index (χ4v) is 3.57. The number of nitrogens with one attached hydrogen (secondary N) is 1. The van der Waals surface area contributed by atoms with Crippen molar-refractivity contribution < 1.29 is 8.42 Å². The molecule has 0 amide bonds. The molecule has 3 rings (SSSR count). The minimum absolute atomic E-state index is 0.0420. The summed E-state index contributed by atoms with van der Waals surface area (Å²) in [5, 5.41) is 6.89. The first-order chi connectivity index (χ1) is 11.4. The van der Waals surface area contributed by atoms with Gasteiger partial charge < -0.3 is 0 Å². The van der Waals surface area contributed by atoms with Gasteiger partial charge in [0.05, 0.1) is 29.4 Å². The number of benzene rings is 2. The maximum absolute atomic E-state index is 11.9. The lowest BCUT2D eigenvalue weighted by molar-refractivity contribution is 0.602. The van der Waals surface area contributed by atoms with E-state index in [2.05, 4.69) is 34.1 Å². The second-order valence-corrected chi connectivity index (χ2v) is 7.86. The van der Waals surface area contributed by atoms with Crippen LogP contribution in [0.5, 0.6) is 0 Å². The number of nitrogens with zero attached hydrogens (tertiary/aromatic N) is 2. The Morgan fingerprint density at radius 2 is 1.79 bits per heavy atom. The molecule has 0 radical (unpaired) electrons. The molecule has 2 aromatic carbocycles. The Labute approximate surface area is 142 Å². The van der Waals surface area contributed by atoms with E-state index in [9.17, 15) is 8.42 Å². The summed E-state index contributed by atoms with van der Waals surface area (Å²) in [7, 11) is -3.32. The molecule has 0 spiro atoms. The topological polar surface area (TPSA) is 64.0 Å². The first-order valence-corrected chi connectivity index (χ1v) is 9.57. The molecule has 0 fully saturated rings. The van der Waals surface area contributed by atoms with Crippen molar-refractivity contribution in [3.05, 3.63) is 59.4 Å². The molecule has 0 aliphatic rings. The van der Waals surface area contributed by atoms with Crippen LogP contribution >= 0.6 is 0 Å². The van der Waals surface area contributed by atoms with E-state index in [4.69, 9.17) is 0 Å². The third-order valence-electron chi connectivity index (χ3n) is 4.22.